The number of anilines is 1. The fraction of sp³-hybridized carbons (Fsp3) is 0.455. The third-order valence-corrected chi connectivity index (χ3v) is 6.67. The van der Waals surface area contributed by atoms with E-state index in [0.29, 0.717) is 30.2 Å². The highest BCUT2D eigenvalue weighted by atomic mass is 19.1. The molecular weight excluding hydrogens is 389 g/mol. The zero-order valence-corrected chi connectivity index (χ0v) is 16.7. The van der Waals surface area contributed by atoms with E-state index < -0.39 is 17.2 Å². The average Bonchev–Trinajstić information content (AvgIpc) is 3.46. The van der Waals surface area contributed by atoms with Gasteiger partial charge in [-0.05, 0) is 37.2 Å². The summed E-state index contributed by atoms with van der Waals surface area (Å²) in [7, 11) is 1.46. The summed E-state index contributed by atoms with van der Waals surface area (Å²) in [4.78, 5) is 26.4. The topological polar surface area (TPSA) is 97.8 Å². The second-order valence-electron chi connectivity index (χ2n) is 8.52. The first kappa shape index (κ1) is 19.1. The molecule has 1 aromatic heterocycles. The van der Waals surface area contributed by atoms with Crippen molar-refractivity contribution in [2.45, 2.75) is 31.3 Å². The van der Waals surface area contributed by atoms with Crippen molar-refractivity contribution in [2.75, 3.05) is 25.1 Å². The fourth-order valence-corrected chi connectivity index (χ4v) is 5.04. The molecule has 0 amide bonds. The molecule has 7 nitrogen and oxygen atoms in total. The molecule has 2 fully saturated rings. The van der Waals surface area contributed by atoms with Crippen LogP contribution in [0.2, 0.25) is 0 Å². The lowest BCUT2D eigenvalue weighted by Crippen LogP contribution is -2.35. The van der Waals surface area contributed by atoms with Crippen LogP contribution in [0.25, 0.3) is 10.9 Å². The van der Waals surface area contributed by atoms with Crippen LogP contribution in [0.5, 0.6) is 5.75 Å². The number of hydrogen-bond acceptors (Lipinski definition) is 5. The summed E-state index contributed by atoms with van der Waals surface area (Å²) in [5.41, 5.74) is 5.99. The number of hydrogen-bond donors (Lipinski definition) is 2. The molecule has 5 rings (SSSR count). The van der Waals surface area contributed by atoms with Crippen LogP contribution >= 0.6 is 0 Å². The number of benzene rings is 1. The molecule has 30 heavy (non-hydrogen) atoms. The Morgan fingerprint density at radius 1 is 1.33 bits per heavy atom. The second-order valence-corrected chi connectivity index (χ2v) is 8.52. The van der Waals surface area contributed by atoms with Gasteiger partial charge in [0.2, 0.25) is 5.43 Å². The molecule has 1 saturated carbocycles. The fourth-order valence-electron chi connectivity index (χ4n) is 5.04. The number of nitrogens with zero attached hydrogens (tertiary/aromatic N) is 2. The van der Waals surface area contributed by atoms with Crippen LogP contribution in [0.1, 0.15) is 35.7 Å². The maximum atomic E-state index is 15.4. The first-order valence-corrected chi connectivity index (χ1v) is 10.3. The summed E-state index contributed by atoms with van der Waals surface area (Å²) in [6, 6.07) is 1.18. The number of allylic oxidation sites excluding steroid dienone is 1. The van der Waals surface area contributed by atoms with E-state index in [1.807, 2.05) is 11.0 Å². The van der Waals surface area contributed by atoms with Crippen molar-refractivity contribution in [3.63, 3.8) is 0 Å². The van der Waals surface area contributed by atoms with Gasteiger partial charge in [0.05, 0.1) is 18.0 Å². The summed E-state index contributed by atoms with van der Waals surface area (Å²) in [6.07, 6.45) is 8.13. The maximum absolute atomic E-state index is 15.4. The number of carbonyl (C=O) groups is 1. The first-order valence-electron chi connectivity index (χ1n) is 10.3. The lowest BCUT2D eigenvalue weighted by molar-refractivity contribution is 0.0695. The Morgan fingerprint density at radius 3 is 2.73 bits per heavy atom. The number of carboxylic acids is 1. The van der Waals surface area contributed by atoms with Crippen molar-refractivity contribution in [3.8, 4) is 5.75 Å². The smallest absolute Gasteiger partial charge is 0.341 e. The van der Waals surface area contributed by atoms with Gasteiger partial charge in [0.25, 0.3) is 0 Å². The number of fused-ring (bicyclic) bond motifs is 2. The van der Waals surface area contributed by atoms with Crippen molar-refractivity contribution >= 4 is 22.6 Å². The summed E-state index contributed by atoms with van der Waals surface area (Å²) in [5, 5.41) is 9.49. The Labute approximate surface area is 172 Å². The normalized spacial score (nSPS) is 25.6. The molecule has 3 N–H and O–H groups in total. The molecule has 1 aromatic carbocycles. The van der Waals surface area contributed by atoms with Crippen molar-refractivity contribution in [3.05, 3.63) is 46.0 Å². The summed E-state index contributed by atoms with van der Waals surface area (Å²) in [5.74, 6) is -1.04. The van der Waals surface area contributed by atoms with Crippen molar-refractivity contribution < 1.29 is 19.0 Å². The Morgan fingerprint density at radius 2 is 2.10 bits per heavy atom. The number of ether oxygens (including phenoxy) is 1. The minimum atomic E-state index is -1.31. The first-order chi connectivity index (χ1) is 14.4. The van der Waals surface area contributed by atoms with Gasteiger partial charge in [-0.15, -0.1) is 0 Å². The Hall–Kier alpha value is -2.87. The van der Waals surface area contributed by atoms with Crippen molar-refractivity contribution in [2.24, 2.45) is 17.6 Å². The minimum absolute atomic E-state index is 0.0369. The molecular formula is C22H24FN3O4. The molecule has 0 bridgehead atoms. The van der Waals surface area contributed by atoms with Crippen LogP contribution < -0.4 is 20.8 Å². The van der Waals surface area contributed by atoms with Crippen molar-refractivity contribution in [1.82, 2.24) is 4.57 Å². The van der Waals surface area contributed by atoms with E-state index in [9.17, 15) is 14.7 Å². The molecule has 0 spiro atoms. The second kappa shape index (κ2) is 6.84. The van der Waals surface area contributed by atoms with Gasteiger partial charge in [-0.1, -0.05) is 12.2 Å². The van der Waals surface area contributed by atoms with Crippen LogP contribution in [0.4, 0.5) is 10.1 Å². The highest BCUT2D eigenvalue weighted by Crippen LogP contribution is 2.46. The van der Waals surface area contributed by atoms with Gasteiger partial charge >= 0.3 is 5.97 Å². The molecule has 2 aromatic rings. The SMILES string of the molecule is COc1c(N2CC3CC=CC(N)C3C2)c(F)cc2c(=O)c(C(=O)O)cn(C3CC3)c12. The summed E-state index contributed by atoms with van der Waals surface area (Å²) < 4.78 is 22.8. The van der Waals surface area contributed by atoms with Crippen molar-refractivity contribution in [1.29, 1.82) is 0 Å². The highest BCUT2D eigenvalue weighted by Gasteiger charge is 2.40. The quantitative estimate of drug-likeness (QED) is 0.748. The molecule has 0 radical (unpaired) electrons. The van der Waals surface area contributed by atoms with E-state index >= 15 is 4.39 Å². The molecule has 2 aliphatic carbocycles. The highest BCUT2D eigenvalue weighted by molar-refractivity contribution is 5.97. The zero-order chi connectivity index (χ0) is 21.2. The Balaban J connectivity index is 1.72. The van der Waals surface area contributed by atoms with E-state index in [1.54, 1.807) is 4.57 Å². The van der Waals surface area contributed by atoms with Gasteiger partial charge in [-0.25, -0.2) is 9.18 Å². The lowest BCUT2D eigenvalue weighted by atomic mass is 9.83. The minimum Gasteiger partial charge on any atom is -0.492 e. The van der Waals surface area contributed by atoms with Crippen LogP contribution in [0.3, 0.4) is 0 Å². The largest absolute Gasteiger partial charge is 0.492 e. The zero-order valence-electron chi connectivity index (χ0n) is 16.7. The molecule has 2 heterocycles. The third-order valence-electron chi connectivity index (χ3n) is 6.67. The van der Waals surface area contributed by atoms with Gasteiger partial charge in [0, 0.05) is 31.4 Å². The van der Waals surface area contributed by atoms with E-state index in [2.05, 4.69) is 6.08 Å². The van der Waals surface area contributed by atoms with Crippen LogP contribution in [-0.2, 0) is 0 Å². The number of aromatic nitrogens is 1. The van der Waals surface area contributed by atoms with E-state index in [4.69, 9.17) is 10.5 Å². The predicted octanol–water partition coefficient (Wildman–Crippen LogP) is 2.52. The third kappa shape index (κ3) is 2.81. The molecule has 3 atom stereocenters. The van der Waals surface area contributed by atoms with Crippen LogP contribution in [-0.4, -0.2) is 41.9 Å². The monoisotopic (exact) mass is 413 g/mol. The molecule has 158 valence electrons. The van der Waals surface area contributed by atoms with E-state index in [-0.39, 0.29) is 34.7 Å². The lowest BCUT2D eigenvalue weighted by Gasteiger charge is -2.25. The molecule has 1 saturated heterocycles. The number of aromatic carboxylic acids is 1. The maximum Gasteiger partial charge on any atom is 0.341 e. The van der Waals surface area contributed by atoms with Crippen LogP contribution in [0.15, 0.2) is 29.2 Å². The predicted molar refractivity (Wildman–Crippen MR) is 111 cm³/mol. The van der Waals surface area contributed by atoms with Gasteiger partial charge in [0.1, 0.15) is 11.3 Å². The Kier molecular flexibility index (Phi) is 4.36. The summed E-state index contributed by atoms with van der Waals surface area (Å²) in [6.45, 7) is 1.26. The van der Waals surface area contributed by atoms with Gasteiger partial charge in [-0.2, -0.15) is 0 Å². The van der Waals surface area contributed by atoms with Crippen LogP contribution in [0, 0.1) is 17.7 Å². The Bertz CT molecular complexity index is 1140. The number of halogens is 1. The number of carboxylic acid groups (broad SMARTS) is 1. The van der Waals surface area contributed by atoms with Gasteiger partial charge in [0.15, 0.2) is 11.6 Å². The average molecular weight is 413 g/mol. The number of methoxy groups -OCH3 is 1. The van der Waals surface area contributed by atoms with Gasteiger partial charge < -0.3 is 25.0 Å². The molecule has 1 aliphatic heterocycles. The summed E-state index contributed by atoms with van der Waals surface area (Å²) >= 11 is 0. The molecule has 3 aliphatic rings. The number of nitrogens with two attached hydrogens (primary N) is 1. The molecule has 8 heteroatoms. The van der Waals surface area contributed by atoms with Gasteiger partial charge in [-0.3, -0.25) is 4.79 Å². The number of pyridine rings is 1. The molecule has 3 unspecified atom stereocenters. The number of rotatable bonds is 4. The standard InChI is InChI=1S/C22H24FN3O4/c1-30-21-18-13(20(27)15(22(28)29)10-26(18)12-5-6-12)7-16(23)19(21)25-8-11-3-2-4-17(24)14(11)9-25/h2,4,7,10-12,14,17H,3,5-6,8-9,24H2,1H3,(H,28,29). The van der Waals surface area contributed by atoms with E-state index in [1.165, 1.54) is 19.4 Å². The van der Waals surface area contributed by atoms with E-state index in [0.717, 1.165) is 19.3 Å².